The molecular formula is C17H26N2O2. The number of rotatable bonds is 6. The van der Waals surface area contributed by atoms with Crippen molar-refractivity contribution >= 4 is 11.6 Å². The molecule has 4 nitrogen and oxygen atoms in total. The normalized spacial score (nSPS) is 21.3. The minimum absolute atomic E-state index is 0.0301. The zero-order valence-corrected chi connectivity index (χ0v) is 13.0. The van der Waals surface area contributed by atoms with E-state index in [1.807, 2.05) is 25.1 Å². The number of hydrogen-bond acceptors (Lipinski definition) is 3. The summed E-state index contributed by atoms with van der Waals surface area (Å²) >= 11 is 0. The van der Waals surface area contributed by atoms with E-state index in [9.17, 15) is 4.79 Å². The number of anilines is 1. The lowest BCUT2D eigenvalue weighted by atomic mass is 10.00. The van der Waals surface area contributed by atoms with Gasteiger partial charge in [0.25, 0.3) is 0 Å². The monoisotopic (exact) mass is 290 g/mol. The highest BCUT2D eigenvalue weighted by Crippen LogP contribution is 2.29. The summed E-state index contributed by atoms with van der Waals surface area (Å²) < 4.78 is 5.72. The molecule has 2 rings (SSSR count). The Hall–Kier alpha value is -1.55. The van der Waals surface area contributed by atoms with Gasteiger partial charge in [0.15, 0.2) is 0 Å². The molecule has 21 heavy (non-hydrogen) atoms. The summed E-state index contributed by atoms with van der Waals surface area (Å²) in [6.07, 6.45) is 4.67. The van der Waals surface area contributed by atoms with E-state index in [0.717, 1.165) is 42.7 Å². The highest BCUT2D eigenvalue weighted by molar-refractivity contribution is 5.92. The molecule has 0 saturated heterocycles. The van der Waals surface area contributed by atoms with Gasteiger partial charge >= 0.3 is 0 Å². The van der Waals surface area contributed by atoms with E-state index in [1.165, 1.54) is 0 Å². The van der Waals surface area contributed by atoms with E-state index in [4.69, 9.17) is 10.5 Å². The summed E-state index contributed by atoms with van der Waals surface area (Å²) in [5, 5.41) is 2.97. The van der Waals surface area contributed by atoms with Gasteiger partial charge in [0, 0.05) is 12.5 Å². The number of amides is 1. The van der Waals surface area contributed by atoms with Crippen molar-refractivity contribution in [3.8, 4) is 5.75 Å². The Labute approximate surface area is 127 Å². The number of ether oxygens (including phenoxy) is 1. The first-order valence-electron chi connectivity index (χ1n) is 7.89. The average Bonchev–Trinajstić information content (AvgIpc) is 2.84. The summed E-state index contributed by atoms with van der Waals surface area (Å²) in [4.78, 5) is 12.2. The summed E-state index contributed by atoms with van der Waals surface area (Å²) in [6.45, 7) is 4.73. The first-order valence-corrected chi connectivity index (χ1v) is 7.89. The number of carbonyl (C=O) groups excluding carboxylic acids is 1. The van der Waals surface area contributed by atoms with Gasteiger partial charge in [-0.3, -0.25) is 4.79 Å². The number of aryl methyl sites for hydroxylation is 1. The maximum Gasteiger partial charge on any atom is 0.224 e. The van der Waals surface area contributed by atoms with Crippen molar-refractivity contribution in [1.29, 1.82) is 0 Å². The van der Waals surface area contributed by atoms with Gasteiger partial charge in [0.2, 0.25) is 5.91 Å². The van der Waals surface area contributed by atoms with Gasteiger partial charge in [-0.15, -0.1) is 0 Å². The predicted octanol–water partition coefficient (Wildman–Crippen LogP) is 3.24. The fourth-order valence-corrected chi connectivity index (χ4v) is 2.82. The molecule has 0 bridgehead atoms. The molecule has 1 aromatic carbocycles. The van der Waals surface area contributed by atoms with Crippen molar-refractivity contribution in [3.63, 3.8) is 0 Å². The Morgan fingerprint density at radius 3 is 2.90 bits per heavy atom. The van der Waals surface area contributed by atoms with Crippen LogP contribution in [0.1, 0.15) is 44.6 Å². The molecule has 1 amide bonds. The molecule has 0 aromatic heterocycles. The third kappa shape index (κ3) is 4.46. The maximum absolute atomic E-state index is 12.2. The van der Waals surface area contributed by atoms with E-state index in [2.05, 4.69) is 12.2 Å². The van der Waals surface area contributed by atoms with E-state index in [1.54, 1.807) is 0 Å². The Kier molecular flexibility index (Phi) is 5.62. The Morgan fingerprint density at radius 1 is 1.43 bits per heavy atom. The van der Waals surface area contributed by atoms with Crippen LogP contribution in [0.2, 0.25) is 0 Å². The molecule has 0 radical (unpaired) electrons. The predicted molar refractivity (Wildman–Crippen MR) is 85.5 cm³/mol. The van der Waals surface area contributed by atoms with Crippen LogP contribution in [-0.4, -0.2) is 18.6 Å². The second-order valence-corrected chi connectivity index (χ2v) is 5.96. The molecule has 0 aliphatic heterocycles. The number of nitrogens with two attached hydrogens (primary N) is 1. The van der Waals surface area contributed by atoms with Crippen molar-refractivity contribution in [3.05, 3.63) is 23.8 Å². The van der Waals surface area contributed by atoms with Crippen LogP contribution in [0, 0.1) is 12.8 Å². The molecule has 116 valence electrons. The molecule has 1 aliphatic rings. The second kappa shape index (κ2) is 7.46. The van der Waals surface area contributed by atoms with Crippen LogP contribution in [0.15, 0.2) is 18.2 Å². The summed E-state index contributed by atoms with van der Waals surface area (Å²) in [7, 11) is 0. The lowest BCUT2D eigenvalue weighted by Gasteiger charge is -2.16. The standard InChI is InChI=1S/C17H26N2O2/c1-3-9-21-16-10-12(2)7-8-15(16)19-17(20)11-13-5-4-6-14(13)18/h7-8,10,13-14H,3-6,9,11,18H2,1-2H3,(H,19,20)/t13-,14+/m0/s1. The molecular weight excluding hydrogens is 264 g/mol. The van der Waals surface area contributed by atoms with E-state index < -0.39 is 0 Å². The zero-order chi connectivity index (χ0) is 15.2. The summed E-state index contributed by atoms with van der Waals surface area (Å²) in [6, 6.07) is 6.03. The number of carbonyl (C=O) groups is 1. The van der Waals surface area contributed by atoms with Gasteiger partial charge in [-0.2, -0.15) is 0 Å². The Bertz CT molecular complexity index is 488. The minimum Gasteiger partial charge on any atom is -0.491 e. The third-order valence-electron chi connectivity index (χ3n) is 4.04. The van der Waals surface area contributed by atoms with Crippen molar-refractivity contribution in [2.24, 2.45) is 11.7 Å². The molecule has 0 spiro atoms. The molecule has 0 heterocycles. The average molecular weight is 290 g/mol. The van der Waals surface area contributed by atoms with Gasteiger partial charge < -0.3 is 15.8 Å². The number of benzene rings is 1. The first-order chi connectivity index (χ1) is 10.1. The van der Waals surface area contributed by atoms with Crippen molar-refractivity contribution in [2.75, 3.05) is 11.9 Å². The lowest BCUT2D eigenvalue weighted by Crippen LogP contribution is -2.28. The van der Waals surface area contributed by atoms with E-state index in [0.29, 0.717) is 18.9 Å². The fraction of sp³-hybridized carbons (Fsp3) is 0.588. The van der Waals surface area contributed by atoms with Crippen molar-refractivity contribution in [2.45, 2.75) is 52.0 Å². The van der Waals surface area contributed by atoms with Crippen molar-refractivity contribution < 1.29 is 9.53 Å². The quantitative estimate of drug-likeness (QED) is 0.845. The largest absolute Gasteiger partial charge is 0.491 e. The maximum atomic E-state index is 12.2. The van der Waals surface area contributed by atoms with Gasteiger partial charge in [0.1, 0.15) is 5.75 Å². The molecule has 1 aliphatic carbocycles. The third-order valence-corrected chi connectivity index (χ3v) is 4.04. The van der Waals surface area contributed by atoms with Crippen LogP contribution in [0.25, 0.3) is 0 Å². The topological polar surface area (TPSA) is 64.3 Å². The first kappa shape index (κ1) is 15.8. The lowest BCUT2D eigenvalue weighted by molar-refractivity contribution is -0.117. The zero-order valence-electron chi connectivity index (χ0n) is 13.0. The van der Waals surface area contributed by atoms with Gasteiger partial charge in [-0.05, 0) is 49.8 Å². The van der Waals surface area contributed by atoms with Crippen LogP contribution >= 0.6 is 0 Å². The molecule has 1 aromatic rings. The van der Waals surface area contributed by atoms with Crippen LogP contribution in [0.4, 0.5) is 5.69 Å². The van der Waals surface area contributed by atoms with Crippen LogP contribution < -0.4 is 15.8 Å². The van der Waals surface area contributed by atoms with Gasteiger partial charge in [0.05, 0.1) is 12.3 Å². The highest BCUT2D eigenvalue weighted by Gasteiger charge is 2.26. The van der Waals surface area contributed by atoms with E-state index in [-0.39, 0.29) is 11.9 Å². The van der Waals surface area contributed by atoms with Crippen LogP contribution in [-0.2, 0) is 4.79 Å². The SMILES string of the molecule is CCCOc1cc(C)ccc1NC(=O)C[C@@H]1CCC[C@H]1N. The van der Waals surface area contributed by atoms with Gasteiger partial charge in [-0.1, -0.05) is 19.4 Å². The van der Waals surface area contributed by atoms with Crippen molar-refractivity contribution in [1.82, 2.24) is 0 Å². The minimum atomic E-state index is 0.0301. The Balaban J connectivity index is 1.99. The molecule has 1 fully saturated rings. The molecule has 1 saturated carbocycles. The molecule has 4 heteroatoms. The van der Waals surface area contributed by atoms with Crippen LogP contribution in [0.5, 0.6) is 5.75 Å². The Morgan fingerprint density at radius 2 is 2.24 bits per heavy atom. The molecule has 2 atom stereocenters. The molecule has 3 N–H and O–H groups in total. The molecule has 0 unspecified atom stereocenters. The van der Waals surface area contributed by atoms with E-state index >= 15 is 0 Å². The van der Waals surface area contributed by atoms with Gasteiger partial charge in [-0.25, -0.2) is 0 Å². The number of hydrogen-bond donors (Lipinski definition) is 2. The second-order valence-electron chi connectivity index (χ2n) is 5.96. The smallest absolute Gasteiger partial charge is 0.224 e. The number of nitrogens with one attached hydrogen (secondary N) is 1. The summed E-state index contributed by atoms with van der Waals surface area (Å²) in [5.41, 5.74) is 7.91. The van der Waals surface area contributed by atoms with Crippen LogP contribution in [0.3, 0.4) is 0 Å². The highest BCUT2D eigenvalue weighted by atomic mass is 16.5. The fourth-order valence-electron chi connectivity index (χ4n) is 2.82. The summed E-state index contributed by atoms with van der Waals surface area (Å²) in [5.74, 6) is 1.10.